The highest BCUT2D eigenvalue weighted by Gasteiger charge is 2.16. The van der Waals surface area contributed by atoms with Crippen molar-refractivity contribution in [1.82, 2.24) is 9.55 Å². The van der Waals surface area contributed by atoms with Gasteiger partial charge in [-0.05, 0) is 36.6 Å². The fourth-order valence-corrected chi connectivity index (χ4v) is 2.50. The molecule has 0 saturated carbocycles. The second-order valence-corrected chi connectivity index (χ2v) is 4.49. The number of hydrogen-bond acceptors (Lipinski definition) is 2. The summed E-state index contributed by atoms with van der Waals surface area (Å²) < 4.78 is 2.20. The van der Waals surface area contributed by atoms with Gasteiger partial charge in [-0.3, -0.25) is 0 Å². The van der Waals surface area contributed by atoms with Gasteiger partial charge in [-0.15, -0.1) is 0 Å². The van der Waals surface area contributed by atoms with Gasteiger partial charge in [0.1, 0.15) is 5.65 Å². The molecule has 16 heavy (non-hydrogen) atoms. The van der Waals surface area contributed by atoms with Crippen LogP contribution in [0.25, 0.3) is 11.0 Å². The van der Waals surface area contributed by atoms with Gasteiger partial charge in [0.25, 0.3) is 0 Å². The van der Waals surface area contributed by atoms with Crippen LogP contribution >= 0.6 is 0 Å². The lowest BCUT2D eigenvalue weighted by molar-refractivity contribution is 0.733. The molecule has 2 heterocycles. The molecule has 0 aliphatic heterocycles. The monoisotopic (exact) mass is 217 g/mol. The molecule has 0 unspecified atom stereocenters. The summed E-state index contributed by atoms with van der Waals surface area (Å²) in [6.45, 7) is 5.12. The predicted molar refractivity (Wildman–Crippen MR) is 67.6 cm³/mol. The van der Waals surface area contributed by atoms with Gasteiger partial charge in [-0.1, -0.05) is 13.8 Å². The Morgan fingerprint density at radius 3 is 2.81 bits per heavy atom. The van der Waals surface area contributed by atoms with Crippen LogP contribution in [0.3, 0.4) is 0 Å². The summed E-state index contributed by atoms with van der Waals surface area (Å²) in [5.74, 6) is 0.501. The first-order valence-corrected chi connectivity index (χ1v) is 5.79. The van der Waals surface area contributed by atoms with Crippen molar-refractivity contribution in [1.29, 1.82) is 0 Å². The van der Waals surface area contributed by atoms with Crippen LogP contribution in [0.2, 0.25) is 0 Å². The van der Waals surface area contributed by atoms with Crippen LogP contribution in [-0.4, -0.2) is 16.1 Å². The van der Waals surface area contributed by atoms with Gasteiger partial charge in [-0.25, -0.2) is 4.98 Å². The maximum atomic E-state index is 5.70. The van der Waals surface area contributed by atoms with Crippen molar-refractivity contribution in [2.24, 2.45) is 12.8 Å². The molecule has 3 nitrogen and oxygen atoms in total. The summed E-state index contributed by atoms with van der Waals surface area (Å²) >= 11 is 0. The van der Waals surface area contributed by atoms with E-state index in [0.29, 0.717) is 12.5 Å². The summed E-state index contributed by atoms with van der Waals surface area (Å²) in [4.78, 5) is 4.45. The van der Waals surface area contributed by atoms with E-state index in [9.17, 15) is 0 Å². The highest BCUT2D eigenvalue weighted by molar-refractivity contribution is 5.82. The molecule has 0 radical (unpaired) electrons. The number of aryl methyl sites for hydroxylation is 1. The Labute approximate surface area is 96.3 Å². The highest BCUT2D eigenvalue weighted by atomic mass is 15.0. The summed E-state index contributed by atoms with van der Waals surface area (Å²) in [6.07, 6.45) is 2.77. The van der Waals surface area contributed by atoms with E-state index < -0.39 is 0 Å². The van der Waals surface area contributed by atoms with Gasteiger partial charge in [0, 0.05) is 24.3 Å². The first-order valence-electron chi connectivity index (χ1n) is 5.79. The Morgan fingerprint density at radius 2 is 2.19 bits per heavy atom. The minimum Gasteiger partial charge on any atom is -0.332 e. The van der Waals surface area contributed by atoms with Gasteiger partial charge in [0.2, 0.25) is 0 Å². The van der Waals surface area contributed by atoms with Crippen molar-refractivity contribution in [2.45, 2.75) is 26.2 Å². The maximum absolute atomic E-state index is 5.70. The average Bonchev–Trinajstić information content (AvgIpc) is 2.54. The van der Waals surface area contributed by atoms with Crippen molar-refractivity contribution >= 4 is 11.0 Å². The Hall–Kier alpha value is -1.35. The third-order valence-corrected chi connectivity index (χ3v) is 3.04. The van der Waals surface area contributed by atoms with Crippen LogP contribution in [0.4, 0.5) is 0 Å². The zero-order valence-electron chi connectivity index (χ0n) is 10.2. The fraction of sp³-hybridized carbons (Fsp3) is 0.462. The quantitative estimate of drug-likeness (QED) is 0.856. The summed E-state index contributed by atoms with van der Waals surface area (Å²) in [5.41, 5.74) is 9.49. The minimum absolute atomic E-state index is 0.501. The van der Waals surface area contributed by atoms with Crippen molar-refractivity contribution in [2.75, 3.05) is 6.54 Å². The van der Waals surface area contributed by atoms with E-state index in [4.69, 9.17) is 5.73 Å². The zero-order chi connectivity index (χ0) is 11.7. The number of nitrogens with zero attached hydrogens (tertiary/aromatic N) is 2. The Balaban J connectivity index is 2.75. The van der Waals surface area contributed by atoms with Crippen LogP contribution in [0.15, 0.2) is 18.3 Å². The van der Waals surface area contributed by atoms with E-state index >= 15 is 0 Å². The third-order valence-electron chi connectivity index (χ3n) is 3.04. The molecule has 0 fully saturated rings. The molecule has 0 saturated heterocycles. The van der Waals surface area contributed by atoms with Crippen LogP contribution < -0.4 is 5.73 Å². The first kappa shape index (κ1) is 11.1. The number of nitrogens with two attached hydrogens (primary N) is 1. The van der Waals surface area contributed by atoms with Crippen LogP contribution in [-0.2, 0) is 13.5 Å². The van der Waals surface area contributed by atoms with Crippen LogP contribution in [0.5, 0.6) is 0 Å². The molecule has 2 aromatic heterocycles. The second-order valence-electron chi connectivity index (χ2n) is 4.49. The second kappa shape index (κ2) is 4.26. The molecule has 0 aliphatic carbocycles. The number of hydrogen-bond donors (Lipinski definition) is 1. The Bertz CT molecular complexity index is 497. The fourth-order valence-electron chi connectivity index (χ4n) is 2.50. The molecular weight excluding hydrogens is 198 g/mol. The summed E-state index contributed by atoms with van der Waals surface area (Å²) in [5, 5.41) is 1.25. The Kier molecular flexibility index (Phi) is 2.97. The minimum atomic E-state index is 0.501. The number of aromatic nitrogens is 2. The van der Waals surface area contributed by atoms with E-state index in [1.165, 1.54) is 16.6 Å². The van der Waals surface area contributed by atoms with Crippen molar-refractivity contribution in [3.8, 4) is 0 Å². The molecule has 2 aromatic rings. The maximum Gasteiger partial charge on any atom is 0.140 e. The molecular formula is C13H19N3. The number of rotatable bonds is 3. The van der Waals surface area contributed by atoms with Crippen molar-refractivity contribution in [3.05, 3.63) is 29.6 Å². The largest absolute Gasteiger partial charge is 0.332 e. The average molecular weight is 217 g/mol. The van der Waals surface area contributed by atoms with Crippen LogP contribution in [0, 0.1) is 0 Å². The SMILES string of the molecule is CC(C)c1c(CCN)c2cccnc2n1C. The molecule has 0 spiro atoms. The Morgan fingerprint density at radius 1 is 1.44 bits per heavy atom. The molecule has 86 valence electrons. The topological polar surface area (TPSA) is 43.8 Å². The standard InChI is InChI=1S/C13H19N3/c1-9(2)12-10(6-7-14)11-5-4-8-15-13(11)16(12)3/h4-5,8-9H,6-7,14H2,1-3H3. The lowest BCUT2D eigenvalue weighted by Gasteiger charge is -2.10. The lowest BCUT2D eigenvalue weighted by Crippen LogP contribution is -2.07. The van der Waals surface area contributed by atoms with Crippen molar-refractivity contribution < 1.29 is 0 Å². The van der Waals surface area contributed by atoms with Gasteiger partial charge in [0.05, 0.1) is 0 Å². The highest BCUT2D eigenvalue weighted by Crippen LogP contribution is 2.29. The van der Waals surface area contributed by atoms with Gasteiger partial charge in [-0.2, -0.15) is 0 Å². The predicted octanol–water partition coefficient (Wildman–Crippen LogP) is 2.20. The number of fused-ring (bicyclic) bond motifs is 1. The van der Waals surface area contributed by atoms with E-state index in [-0.39, 0.29) is 0 Å². The molecule has 2 rings (SSSR count). The third kappa shape index (κ3) is 1.61. The van der Waals surface area contributed by atoms with Gasteiger partial charge < -0.3 is 10.3 Å². The molecule has 0 aromatic carbocycles. The summed E-state index contributed by atoms with van der Waals surface area (Å²) in [6, 6.07) is 4.13. The molecule has 3 heteroatoms. The van der Waals surface area contributed by atoms with Gasteiger partial charge in [0.15, 0.2) is 0 Å². The van der Waals surface area contributed by atoms with E-state index in [1.54, 1.807) is 0 Å². The smallest absolute Gasteiger partial charge is 0.140 e. The normalized spacial score (nSPS) is 11.6. The van der Waals surface area contributed by atoms with Crippen LogP contribution in [0.1, 0.15) is 31.0 Å². The molecule has 2 N–H and O–H groups in total. The van der Waals surface area contributed by atoms with E-state index in [1.807, 2.05) is 12.3 Å². The molecule has 0 aliphatic rings. The van der Waals surface area contributed by atoms with Crippen molar-refractivity contribution in [3.63, 3.8) is 0 Å². The van der Waals surface area contributed by atoms with Gasteiger partial charge >= 0.3 is 0 Å². The molecule has 0 amide bonds. The van der Waals surface area contributed by atoms with E-state index in [2.05, 4.69) is 36.5 Å². The number of pyridine rings is 1. The molecule has 0 atom stereocenters. The summed E-state index contributed by atoms with van der Waals surface area (Å²) in [7, 11) is 2.09. The van der Waals surface area contributed by atoms with E-state index in [0.717, 1.165) is 12.1 Å². The zero-order valence-corrected chi connectivity index (χ0v) is 10.2. The molecule has 0 bridgehead atoms. The lowest BCUT2D eigenvalue weighted by atomic mass is 10.0. The first-order chi connectivity index (χ1) is 7.66.